The van der Waals surface area contributed by atoms with Gasteiger partial charge in [0, 0.05) is 7.11 Å². The van der Waals surface area contributed by atoms with E-state index in [-0.39, 0.29) is 11.5 Å². The molecule has 0 aliphatic heterocycles. The van der Waals surface area contributed by atoms with Gasteiger partial charge in [0.1, 0.15) is 0 Å². The summed E-state index contributed by atoms with van der Waals surface area (Å²) in [5, 5.41) is 0. The van der Waals surface area contributed by atoms with Crippen LogP contribution in [0.5, 0.6) is 0 Å². The molecule has 0 aliphatic carbocycles. The van der Waals surface area contributed by atoms with E-state index in [4.69, 9.17) is 11.3 Å². The second-order valence-corrected chi connectivity index (χ2v) is 5.21. The Kier molecular flexibility index (Phi) is 4.80. The standard InChI is InChI=1S/C15H18F3O/c1-5-13(19-4)14(2,3)10-11-7-6-8-12(9-11)15(16,17)18/h1,5-9,13H,10H2,2-4H3. The van der Waals surface area contributed by atoms with Gasteiger partial charge >= 0.3 is 6.18 Å². The zero-order valence-electron chi connectivity index (χ0n) is 11.3. The highest BCUT2D eigenvalue weighted by molar-refractivity contribution is 5.26. The third kappa shape index (κ3) is 4.10. The fraction of sp³-hybridized carbons (Fsp3) is 0.467. The van der Waals surface area contributed by atoms with Crippen molar-refractivity contribution in [2.75, 3.05) is 7.11 Å². The molecule has 0 spiro atoms. The summed E-state index contributed by atoms with van der Waals surface area (Å²) in [4.78, 5) is 0. The topological polar surface area (TPSA) is 9.23 Å². The highest BCUT2D eigenvalue weighted by Gasteiger charge is 2.32. The van der Waals surface area contributed by atoms with Crippen molar-refractivity contribution in [3.8, 4) is 0 Å². The number of benzene rings is 1. The van der Waals surface area contributed by atoms with Crippen molar-refractivity contribution in [1.82, 2.24) is 0 Å². The highest BCUT2D eigenvalue weighted by Crippen LogP contribution is 2.33. The molecular weight excluding hydrogens is 253 g/mol. The molecule has 105 valence electrons. The quantitative estimate of drug-likeness (QED) is 0.776. The lowest BCUT2D eigenvalue weighted by Crippen LogP contribution is -2.31. The Morgan fingerprint density at radius 3 is 2.42 bits per heavy atom. The molecular formula is C15H18F3O. The predicted molar refractivity (Wildman–Crippen MR) is 68.6 cm³/mol. The molecule has 0 heterocycles. The van der Waals surface area contributed by atoms with Crippen LogP contribution in [0.25, 0.3) is 0 Å². The molecule has 0 amide bonds. The fourth-order valence-corrected chi connectivity index (χ4v) is 2.14. The Balaban J connectivity index is 2.97. The van der Waals surface area contributed by atoms with Crippen LogP contribution < -0.4 is 0 Å². The van der Waals surface area contributed by atoms with Gasteiger partial charge in [-0.3, -0.25) is 0 Å². The van der Waals surface area contributed by atoms with E-state index >= 15 is 0 Å². The Labute approximate surface area is 112 Å². The summed E-state index contributed by atoms with van der Waals surface area (Å²) in [7, 11) is 1.53. The third-order valence-electron chi connectivity index (χ3n) is 3.11. The zero-order chi connectivity index (χ0) is 14.7. The molecule has 1 aromatic rings. The number of hydrogen-bond donors (Lipinski definition) is 0. The molecule has 4 heteroatoms. The predicted octanol–water partition coefficient (Wildman–Crippen LogP) is 4.28. The van der Waals surface area contributed by atoms with Crippen LogP contribution in [0.2, 0.25) is 0 Å². The number of hydrogen-bond acceptors (Lipinski definition) is 1. The second kappa shape index (κ2) is 5.78. The first-order valence-corrected chi connectivity index (χ1v) is 5.94. The molecule has 19 heavy (non-hydrogen) atoms. The highest BCUT2D eigenvalue weighted by atomic mass is 19.4. The third-order valence-corrected chi connectivity index (χ3v) is 3.11. The van der Waals surface area contributed by atoms with Gasteiger partial charge in [0.15, 0.2) is 0 Å². The van der Waals surface area contributed by atoms with Crippen molar-refractivity contribution in [2.24, 2.45) is 5.41 Å². The molecule has 1 rings (SSSR count). The maximum absolute atomic E-state index is 12.6. The zero-order valence-corrected chi connectivity index (χ0v) is 11.3. The average molecular weight is 271 g/mol. The lowest BCUT2D eigenvalue weighted by atomic mass is 9.80. The number of rotatable bonds is 5. The summed E-state index contributed by atoms with van der Waals surface area (Å²) in [6.07, 6.45) is -2.76. The molecule has 0 bridgehead atoms. The van der Waals surface area contributed by atoms with E-state index in [0.717, 1.165) is 6.07 Å². The maximum Gasteiger partial charge on any atom is 0.416 e. The van der Waals surface area contributed by atoms with E-state index < -0.39 is 11.7 Å². The summed E-state index contributed by atoms with van der Waals surface area (Å²) < 4.78 is 43.2. The number of alkyl halides is 3. The van der Waals surface area contributed by atoms with Gasteiger partial charge in [-0.25, -0.2) is 0 Å². The molecule has 0 saturated heterocycles. The molecule has 1 aromatic carbocycles. The smallest absolute Gasteiger partial charge is 0.377 e. The summed E-state index contributed by atoms with van der Waals surface area (Å²) in [5.41, 5.74) is -0.400. The minimum absolute atomic E-state index is 0.318. The van der Waals surface area contributed by atoms with Gasteiger partial charge < -0.3 is 4.74 Å². The van der Waals surface area contributed by atoms with Crippen LogP contribution in [0.15, 0.2) is 30.3 Å². The van der Waals surface area contributed by atoms with E-state index in [1.165, 1.54) is 25.3 Å². The van der Waals surface area contributed by atoms with Crippen molar-refractivity contribution in [3.63, 3.8) is 0 Å². The Hall–Kier alpha value is -1.29. The van der Waals surface area contributed by atoms with E-state index in [9.17, 15) is 13.2 Å². The molecule has 0 aliphatic rings. The average Bonchev–Trinajstić information content (AvgIpc) is 2.28. The van der Waals surface area contributed by atoms with Crippen molar-refractivity contribution in [1.29, 1.82) is 0 Å². The molecule has 0 N–H and O–H groups in total. The summed E-state index contributed by atoms with van der Waals surface area (Å²) in [6.45, 7) is 9.31. The van der Waals surface area contributed by atoms with E-state index in [0.29, 0.717) is 12.0 Å². The minimum Gasteiger partial charge on any atom is -0.377 e. The lowest BCUT2D eigenvalue weighted by molar-refractivity contribution is -0.137. The SMILES string of the molecule is [CH]=CC(OC)C(C)(C)Cc1cccc(C(F)(F)F)c1. The van der Waals surface area contributed by atoms with E-state index in [1.54, 1.807) is 6.07 Å². The first-order chi connectivity index (χ1) is 8.70. The number of halogens is 3. The van der Waals surface area contributed by atoms with Crippen molar-refractivity contribution >= 4 is 0 Å². The molecule has 1 unspecified atom stereocenters. The first kappa shape index (κ1) is 15.8. The molecule has 1 nitrogen and oxygen atoms in total. The first-order valence-electron chi connectivity index (χ1n) is 5.94. The molecule has 0 saturated carbocycles. The summed E-state index contributed by atoms with van der Waals surface area (Å²) >= 11 is 0. The van der Waals surface area contributed by atoms with Crippen molar-refractivity contribution < 1.29 is 17.9 Å². The lowest BCUT2D eigenvalue weighted by Gasteiger charge is -2.31. The molecule has 0 aromatic heterocycles. The summed E-state index contributed by atoms with van der Waals surface area (Å²) in [5.74, 6) is 0. The van der Waals surface area contributed by atoms with Gasteiger partial charge in [-0.2, -0.15) is 13.2 Å². The van der Waals surface area contributed by atoms with Crippen LogP contribution in [-0.4, -0.2) is 13.2 Å². The van der Waals surface area contributed by atoms with Crippen LogP contribution in [0.4, 0.5) is 13.2 Å². The van der Waals surface area contributed by atoms with Gasteiger partial charge in [-0.1, -0.05) is 44.7 Å². The largest absolute Gasteiger partial charge is 0.416 e. The van der Waals surface area contributed by atoms with Crippen LogP contribution in [0.1, 0.15) is 25.0 Å². The van der Waals surface area contributed by atoms with Crippen molar-refractivity contribution in [3.05, 3.63) is 48.0 Å². The van der Waals surface area contributed by atoms with Gasteiger partial charge in [-0.15, -0.1) is 0 Å². The van der Waals surface area contributed by atoms with E-state index in [2.05, 4.69) is 0 Å². The van der Waals surface area contributed by atoms with Crippen LogP contribution in [0, 0.1) is 12.0 Å². The van der Waals surface area contributed by atoms with Crippen molar-refractivity contribution in [2.45, 2.75) is 32.5 Å². The van der Waals surface area contributed by atoms with Gasteiger partial charge in [0.05, 0.1) is 11.7 Å². The molecule has 1 radical (unpaired) electrons. The minimum atomic E-state index is -4.32. The van der Waals surface area contributed by atoms with Gasteiger partial charge in [-0.05, 0) is 23.5 Å². The van der Waals surface area contributed by atoms with Crippen LogP contribution in [-0.2, 0) is 17.3 Å². The second-order valence-electron chi connectivity index (χ2n) is 5.21. The number of methoxy groups -OCH3 is 1. The van der Waals surface area contributed by atoms with Gasteiger partial charge in [0.2, 0.25) is 0 Å². The Morgan fingerprint density at radius 2 is 1.95 bits per heavy atom. The molecule has 1 atom stereocenters. The maximum atomic E-state index is 12.6. The Morgan fingerprint density at radius 1 is 1.32 bits per heavy atom. The molecule has 0 fully saturated rings. The van der Waals surface area contributed by atoms with Gasteiger partial charge in [0.25, 0.3) is 0 Å². The van der Waals surface area contributed by atoms with E-state index in [1.807, 2.05) is 13.8 Å². The Bertz CT molecular complexity index is 435. The normalized spacial score (nSPS) is 14.2. The van der Waals surface area contributed by atoms with Crippen LogP contribution in [0.3, 0.4) is 0 Å². The fourth-order valence-electron chi connectivity index (χ4n) is 2.14. The number of ether oxygens (including phenoxy) is 1. The monoisotopic (exact) mass is 271 g/mol. The summed E-state index contributed by atoms with van der Waals surface area (Å²) in [6, 6.07) is 5.34. The van der Waals surface area contributed by atoms with Crippen LogP contribution >= 0.6 is 0 Å².